The third-order valence-electron chi connectivity index (χ3n) is 2.42. The molecule has 2 rings (SSSR count). The summed E-state index contributed by atoms with van der Waals surface area (Å²) in [6.45, 7) is 1.31. The SMILES string of the molecule is Clc1cc(Cl)c(OCC2CCCO2)cc1Cl. The van der Waals surface area contributed by atoms with Crippen LogP contribution < -0.4 is 4.74 Å². The predicted octanol–water partition coefficient (Wildman–Crippen LogP) is 4.20. The quantitative estimate of drug-likeness (QED) is 0.773. The molecule has 1 fully saturated rings. The number of rotatable bonds is 3. The van der Waals surface area contributed by atoms with Gasteiger partial charge in [0.15, 0.2) is 0 Å². The molecule has 1 aromatic carbocycles. The normalized spacial score (nSPS) is 20.1. The Labute approximate surface area is 109 Å². The standard InChI is InChI=1S/C11H11Cl3O2/c12-8-4-10(14)11(5-9(8)13)16-6-7-2-1-3-15-7/h4-5,7H,1-3,6H2. The van der Waals surface area contributed by atoms with Crippen LogP contribution in [0.15, 0.2) is 12.1 Å². The number of halogens is 3. The molecule has 0 aliphatic carbocycles. The lowest BCUT2D eigenvalue weighted by atomic mass is 10.2. The Bertz CT molecular complexity index is 376. The van der Waals surface area contributed by atoms with E-state index in [1.165, 1.54) is 0 Å². The zero-order valence-corrected chi connectivity index (χ0v) is 10.8. The second kappa shape index (κ2) is 5.46. The van der Waals surface area contributed by atoms with Gasteiger partial charge in [0.2, 0.25) is 0 Å². The summed E-state index contributed by atoms with van der Waals surface area (Å²) in [5, 5.41) is 1.33. The molecule has 0 spiro atoms. The summed E-state index contributed by atoms with van der Waals surface area (Å²) in [6.07, 6.45) is 2.27. The van der Waals surface area contributed by atoms with Crippen molar-refractivity contribution in [2.24, 2.45) is 0 Å². The van der Waals surface area contributed by atoms with Crippen molar-refractivity contribution in [3.8, 4) is 5.75 Å². The molecule has 5 heteroatoms. The molecule has 16 heavy (non-hydrogen) atoms. The monoisotopic (exact) mass is 280 g/mol. The Morgan fingerprint density at radius 1 is 1.19 bits per heavy atom. The molecule has 0 N–H and O–H groups in total. The van der Waals surface area contributed by atoms with Crippen LogP contribution >= 0.6 is 34.8 Å². The molecule has 0 amide bonds. The minimum absolute atomic E-state index is 0.158. The largest absolute Gasteiger partial charge is 0.489 e. The zero-order chi connectivity index (χ0) is 11.5. The first-order valence-corrected chi connectivity index (χ1v) is 6.19. The Hall–Kier alpha value is -0.150. The van der Waals surface area contributed by atoms with Gasteiger partial charge in [-0.05, 0) is 18.9 Å². The zero-order valence-electron chi connectivity index (χ0n) is 8.51. The molecule has 0 bridgehead atoms. The van der Waals surface area contributed by atoms with Crippen molar-refractivity contribution in [1.82, 2.24) is 0 Å². The molecular weight excluding hydrogens is 270 g/mol. The third kappa shape index (κ3) is 2.95. The second-order valence-corrected chi connectivity index (χ2v) is 4.86. The van der Waals surface area contributed by atoms with Crippen LogP contribution in [-0.4, -0.2) is 19.3 Å². The maximum Gasteiger partial charge on any atom is 0.139 e. The fraction of sp³-hybridized carbons (Fsp3) is 0.455. The van der Waals surface area contributed by atoms with Crippen LogP contribution in [0.1, 0.15) is 12.8 Å². The van der Waals surface area contributed by atoms with E-state index in [0.717, 1.165) is 19.4 Å². The predicted molar refractivity (Wildman–Crippen MR) is 65.9 cm³/mol. The Balaban J connectivity index is 2.00. The fourth-order valence-corrected chi connectivity index (χ4v) is 2.16. The Morgan fingerprint density at radius 3 is 2.62 bits per heavy atom. The van der Waals surface area contributed by atoms with E-state index in [4.69, 9.17) is 44.3 Å². The molecule has 1 aliphatic rings. The van der Waals surface area contributed by atoms with Crippen LogP contribution in [-0.2, 0) is 4.74 Å². The van der Waals surface area contributed by atoms with Gasteiger partial charge < -0.3 is 9.47 Å². The van der Waals surface area contributed by atoms with Gasteiger partial charge in [-0.3, -0.25) is 0 Å². The van der Waals surface area contributed by atoms with E-state index in [0.29, 0.717) is 27.4 Å². The summed E-state index contributed by atoms with van der Waals surface area (Å²) < 4.78 is 11.0. The smallest absolute Gasteiger partial charge is 0.139 e. The van der Waals surface area contributed by atoms with Gasteiger partial charge in [-0.25, -0.2) is 0 Å². The van der Waals surface area contributed by atoms with Gasteiger partial charge >= 0.3 is 0 Å². The molecule has 1 unspecified atom stereocenters. The van der Waals surface area contributed by atoms with Crippen LogP contribution in [0, 0.1) is 0 Å². The van der Waals surface area contributed by atoms with Gasteiger partial charge in [-0.1, -0.05) is 34.8 Å². The van der Waals surface area contributed by atoms with E-state index in [9.17, 15) is 0 Å². The van der Waals surface area contributed by atoms with Crippen molar-refractivity contribution < 1.29 is 9.47 Å². The second-order valence-electron chi connectivity index (χ2n) is 3.64. The van der Waals surface area contributed by atoms with Crippen LogP contribution in [0.5, 0.6) is 5.75 Å². The van der Waals surface area contributed by atoms with Gasteiger partial charge in [-0.15, -0.1) is 0 Å². The van der Waals surface area contributed by atoms with Crippen molar-refractivity contribution in [2.45, 2.75) is 18.9 Å². The van der Waals surface area contributed by atoms with Gasteiger partial charge in [0.1, 0.15) is 12.4 Å². The molecule has 0 aromatic heterocycles. The molecular formula is C11H11Cl3O2. The summed E-state index contributed by atoms with van der Waals surface area (Å²) in [5.74, 6) is 0.548. The minimum atomic E-state index is 0.158. The molecule has 88 valence electrons. The van der Waals surface area contributed by atoms with E-state index in [2.05, 4.69) is 0 Å². The van der Waals surface area contributed by atoms with Crippen LogP contribution in [0.4, 0.5) is 0 Å². The molecule has 1 aliphatic heterocycles. The average molecular weight is 282 g/mol. The minimum Gasteiger partial charge on any atom is -0.489 e. The Kier molecular flexibility index (Phi) is 4.20. The lowest BCUT2D eigenvalue weighted by molar-refractivity contribution is 0.0680. The fourth-order valence-electron chi connectivity index (χ4n) is 1.57. The molecule has 1 atom stereocenters. The van der Waals surface area contributed by atoms with Crippen molar-refractivity contribution >= 4 is 34.8 Å². The van der Waals surface area contributed by atoms with E-state index in [1.807, 2.05) is 0 Å². The number of hydrogen-bond donors (Lipinski definition) is 0. The van der Waals surface area contributed by atoms with E-state index >= 15 is 0 Å². The van der Waals surface area contributed by atoms with E-state index in [-0.39, 0.29) is 6.10 Å². The summed E-state index contributed by atoms with van der Waals surface area (Å²) in [5.41, 5.74) is 0. The summed E-state index contributed by atoms with van der Waals surface area (Å²) in [4.78, 5) is 0. The van der Waals surface area contributed by atoms with E-state index < -0.39 is 0 Å². The number of hydrogen-bond acceptors (Lipinski definition) is 2. The van der Waals surface area contributed by atoms with Gasteiger partial charge in [0.05, 0.1) is 21.2 Å². The van der Waals surface area contributed by atoms with Gasteiger partial charge in [0.25, 0.3) is 0 Å². The highest BCUT2D eigenvalue weighted by Crippen LogP contribution is 2.34. The highest BCUT2D eigenvalue weighted by Gasteiger charge is 2.17. The summed E-state index contributed by atoms with van der Waals surface area (Å²) in [6, 6.07) is 3.21. The molecule has 0 radical (unpaired) electrons. The van der Waals surface area contributed by atoms with Crippen molar-refractivity contribution in [1.29, 1.82) is 0 Å². The first-order valence-electron chi connectivity index (χ1n) is 5.06. The number of benzene rings is 1. The molecule has 1 saturated heterocycles. The van der Waals surface area contributed by atoms with Crippen molar-refractivity contribution in [2.75, 3.05) is 13.2 Å². The molecule has 1 aromatic rings. The van der Waals surface area contributed by atoms with Gasteiger partial charge in [0, 0.05) is 12.7 Å². The number of ether oxygens (including phenoxy) is 2. The first kappa shape index (κ1) is 12.3. The lowest BCUT2D eigenvalue weighted by Crippen LogP contribution is -2.16. The molecule has 2 nitrogen and oxygen atoms in total. The average Bonchev–Trinajstić information content (AvgIpc) is 2.74. The topological polar surface area (TPSA) is 18.5 Å². The molecule has 0 saturated carbocycles. The van der Waals surface area contributed by atoms with E-state index in [1.54, 1.807) is 12.1 Å². The summed E-state index contributed by atoms with van der Waals surface area (Å²) >= 11 is 17.7. The third-order valence-corrected chi connectivity index (χ3v) is 3.44. The van der Waals surface area contributed by atoms with Gasteiger partial charge in [-0.2, -0.15) is 0 Å². The lowest BCUT2D eigenvalue weighted by Gasteiger charge is -2.13. The van der Waals surface area contributed by atoms with Crippen LogP contribution in [0.2, 0.25) is 15.1 Å². The molecule has 1 heterocycles. The first-order chi connectivity index (χ1) is 7.66. The van der Waals surface area contributed by atoms with Crippen LogP contribution in [0.25, 0.3) is 0 Å². The van der Waals surface area contributed by atoms with Crippen molar-refractivity contribution in [3.05, 3.63) is 27.2 Å². The highest BCUT2D eigenvalue weighted by molar-refractivity contribution is 6.43. The maximum atomic E-state index is 5.98. The van der Waals surface area contributed by atoms with Crippen LogP contribution in [0.3, 0.4) is 0 Å². The van der Waals surface area contributed by atoms with Crippen molar-refractivity contribution in [3.63, 3.8) is 0 Å². The summed E-state index contributed by atoms with van der Waals surface area (Å²) in [7, 11) is 0. The maximum absolute atomic E-state index is 5.98. The Morgan fingerprint density at radius 2 is 1.94 bits per heavy atom. The highest BCUT2D eigenvalue weighted by atomic mass is 35.5.